The molecular weight excluding hydrogens is 561 g/mol. The van der Waals surface area contributed by atoms with Gasteiger partial charge in [0.25, 0.3) is 0 Å². The molecule has 1 aromatic carbocycles. The van der Waals surface area contributed by atoms with Gasteiger partial charge in [0.05, 0.1) is 12.8 Å². The Balaban J connectivity index is 3.31. The molecule has 0 aliphatic rings. The van der Waals surface area contributed by atoms with Crippen LogP contribution in [-0.4, -0.2) is 11.8 Å². The Kier molecular flexibility index (Phi) is 5.89. The highest BCUT2D eigenvalue weighted by Gasteiger charge is 2.16. The van der Waals surface area contributed by atoms with Crippen molar-refractivity contribution in [3.63, 3.8) is 0 Å². The minimum Gasteiger partial charge on any atom is -0.369 e. The molecule has 1 rings (SSSR count). The highest BCUT2D eigenvalue weighted by atomic mass is 127. The number of amides is 2. The van der Waals surface area contributed by atoms with E-state index in [1.165, 1.54) is 0 Å². The molecule has 0 aliphatic heterocycles. The molecule has 4 N–H and O–H groups in total. The third kappa shape index (κ3) is 4.19. The molecule has 4 nitrogen and oxygen atoms in total. The van der Waals surface area contributed by atoms with E-state index in [9.17, 15) is 9.59 Å². The molecule has 0 aliphatic carbocycles. The van der Waals surface area contributed by atoms with Crippen LogP contribution in [0.5, 0.6) is 0 Å². The van der Waals surface area contributed by atoms with Gasteiger partial charge in [0.2, 0.25) is 11.8 Å². The summed E-state index contributed by atoms with van der Waals surface area (Å²) in [5.41, 5.74) is 12.2. The van der Waals surface area contributed by atoms with Crippen LogP contribution in [0.25, 0.3) is 0 Å². The van der Waals surface area contributed by atoms with Gasteiger partial charge in [0, 0.05) is 10.7 Å². The van der Waals surface area contributed by atoms with E-state index in [1.807, 2.05) is 6.07 Å². The van der Waals surface area contributed by atoms with Crippen LogP contribution in [0.2, 0.25) is 0 Å². The Morgan fingerprint density at radius 2 is 1.29 bits per heavy atom. The number of carbonyl (C=O) groups excluding carboxylic acids is 2. The second kappa shape index (κ2) is 6.50. The second-order valence-corrected chi connectivity index (χ2v) is 6.80. The van der Waals surface area contributed by atoms with Gasteiger partial charge in [-0.3, -0.25) is 9.59 Å². The van der Waals surface area contributed by atoms with Crippen LogP contribution in [0.3, 0.4) is 0 Å². The van der Waals surface area contributed by atoms with Gasteiger partial charge in [-0.15, -0.1) is 0 Å². The van der Waals surface area contributed by atoms with Crippen molar-refractivity contribution < 1.29 is 9.59 Å². The number of halogens is 3. The summed E-state index contributed by atoms with van der Waals surface area (Å²) in [7, 11) is 0. The molecule has 0 fully saturated rings. The summed E-state index contributed by atoms with van der Waals surface area (Å²) in [5, 5.41) is 0. The van der Waals surface area contributed by atoms with Crippen LogP contribution in [0, 0.1) is 10.7 Å². The van der Waals surface area contributed by atoms with Gasteiger partial charge in [0.15, 0.2) is 0 Å². The Bertz CT molecular complexity index is 449. The maximum absolute atomic E-state index is 11.0. The summed E-state index contributed by atoms with van der Waals surface area (Å²) < 4.78 is 2.85. The van der Waals surface area contributed by atoms with E-state index in [2.05, 4.69) is 67.8 Å². The standard InChI is InChI=1S/C10H9I3N2O2/c11-6-3-7(12)5(2-9(15)17)10(13)4(6)1-8(14)16/h3H,1-2H2,(H2,14,16)(H2,15,17). The highest BCUT2D eigenvalue weighted by Crippen LogP contribution is 2.28. The van der Waals surface area contributed by atoms with Crippen molar-refractivity contribution in [1.29, 1.82) is 0 Å². The van der Waals surface area contributed by atoms with Crippen molar-refractivity contribution >= 4 is 79.6 Å². The van der Waals surface area contributed by atoms with Crippen LogP contribution >= 0.6 is 67.8 Å². The molecule has 0 heterocycles. The SMILES string of the molecule is NC(=O)Cc1c(I)cc(I)c(CC(N)=O)c1I. The van der Waals surface area contributed by atoms with Crippen LogP contribution in [-0.2, 0) is 22.4 Å². The van der Waals surface area contributed by atoms with Crippen LogP contribution in [0.1, 0.15) is 11.1 Å². The van der Waals surface area contributed by atoms with Gasteiger partial charge in [-0.05, 0) is 85.0 Å². The number of primary amides is 2. The molecule has 0 spiro atoms. The molecule has 17 heavy (non-hydrogen) atoms. The zero-order chi connectivity index (χ0) is 13.2. The average Bonchev–Trinajstić information content (AvgIpc) is 2.18. The lowest BCUT2D eigenvalue weighted by Gasteiger charge is -2.12. The quantitative estimate of drug-likeness (QED) is 0.540. The summed E-state index contributed by atoms with van der Waals surface area (Å²) in [4.78, 5) is 22.0. The molecule has 0 aromatic heterocycles. The fourth-order valence-electron chi connectivity index (χ4n) is 1.35. The molecule has 0 unspecified atom stereocenters. The van der Waals surface area contributed by atoms with Crippen LogP contribution < -0.4 is 11.5 Å². The first-order chi connectivity index (χ1) is 7.82. The lowest BCUT2D eigenvalue weighted by molar-refractivity contribution is -0.118. The van der Waals surface area contributed by atoms with Crippen molar-refractivity contribution in [1.82, 2.24) is 0 Å². The number of hydrogen-bond acceptors (Lipinski definition) is 2. The van der Waals surface area contributed by atoms with E-state index < -0.39 is 0 Å². The number of nitrogens with two attached hydrogens (primary N) is 2. The van der Waals surface area contributed by atoms with E-state index in [1.54, 1.807) is 0 Å². The minimum absolute atomic E-state index is 0.180. The molecule has 92 valence electrons. The second-order valence-electron chi connectivity index (χ2n) is 3.40. The number of rotatable bonds is 4. The van der Waals surface area contributed by atoms with Crippen molar-refractivity contribution in [2.75, 3.05) is 0 Å². The molecule has 7 heteroatoms. The fourth-order valence-corrected chi connectivity index (χ4v) is 5.48. The third-order valence-corrected chi connectivity index (χ3v) is 5.29. The fraction of sp³-hybridized carbons (Fsp3) is 0.200. The predicted molar refractivity (Wildman–Crippen MR) is 90.4 cm³/mol. The van der Waals surface area contributed by atoms with Crippen LogP contribution in [0.4, 0.5) is 0 Å². The lowest BCUT2D eigenvalue weighted by Crippen LogP contribution is -2.19. The summed E-state index contributed by atoms with van der Waals surface area (Å²) in [6.45, 7) is 0. The Hall–Kier alpha value is 0.350. The summed E-state index contributed by atoms with van der Waals surface area (Å²) >= 11 is 6.46. The molecule has 1 aromatic rings. The van der Waals surface area contributed by atoms with Gasteiger partial charge in [-0.1, -0.05) is 0 Å². The third-order valence-electron chi connectivity index (χ3n) is 2.06. The zero-order valence-electron chi connectivity index (χ0n) is 8.60. The van der Waals surface area contributed by atoms with Crippen molar-refractivity contribution in [3.8, 4) is 0 Å². The molecule has 0 bridgehead atoms. The minimum atomic E-state index is -0.382. The van der Waals surface area contributed by atoms with Crippen molar-refractivity contribution in [3.05, 3.63) is 27.9 Å². The number of hydrogen-bond donors (Lipinski definition) is 2. The highest BCUT2D eigenvalue weighted by molar-refractivity contribution is 14.1. The monoisotopic (exact) mass is 570 g/mol. The van der Waals surface area contributed by atoms with Crippen molar-refractivity contribution in [2.45, 2.75) is 12.8 Å². The van der Waals surface area contributed by atoms with Gasteiger partial charge in [0.1, 0.15) is 0 Å². The molecule has 0 saturated heterocycles. The summed E-state index contributed by atoms with van der Waals surface area (Å²) in [5.74, 6) is -0.765. The van der Waals surface area contributed by atoms with E-state index in [4.69, 9.17) is 11.5 Å². The summed E-state index contributed by atoms with van der Waals surface area (Å²) in [6, 6.07) is 1.93. The van der Waals surface area contributed by atoms with E-state index in [0.29, 0.717) is 0 Å². The normalized spacial score (nSPS) is 10.3. The van der Waals surface area contributed by atoms with E-state index in [0.717, 1.165) is 21.8 Å². The molecule has 0 saturated carbocycles. The first-order valence-electron chi connectivity index (χ1n) is 4.54. The Morgan fingerprint density at radius 3 is 1.59 bits per heavy atom. The van der Waals surface area contributed by atoms with E-state index in [-0.39, 0.29) is 24.7 Å². The molecule has 2 amide bonds. The van der Waals surface area contributed by atoms with Crippen LogP contribution in [0.15, 0.2) is 6.07 Å². The average molecular weight is 570 g/mol. The van der Waals surface area contributed by atoms with Gasteiger partial charge >= 0.3 is 0 Å². The maximum atomic E-state index is 11.0. The molecule has 0 radical (unpaired) electrons. The van der Waals surface area contributed by atoms with Gasteiger partial charge in [-0.2, -0.15) is 0 Å². The number of carbonyl (C=O) groups is 2. The summed E-state index contributed by atoms with van der Waals surface area (Å²) in [6.07, 6.45) is 0.360. The van der Waals surface area contributed by atoms with Crippen molar-refractivity contribution in [2.24, 2.45) is 11.5 Å². The van der Waals surface area contributed by atoms with E-state index >= 15 is 0 Å². The number of benzene rings is 1. The maximum Gasteiger partial charge on any atom is 0.221 e. The molecule has 0 atom stereocenters. The lowest BCUT2D eigenvalue weighted by atomic mass is 10.1. The predicted octanol–water partition coefficient (Wildman–Crippen LogP) is 1.56. The van der Waals surface area contributed by atoms with Gasteiger partial charge in [-0.25, -0.2) is 0 Å². The first kappa shape index (κ1) is 15.4. The Morgan fingerprint density at radius 1 is 0.941 bits per heavy atom. The topological polar surface area (TPSA) is 86.2 Å². The smallest absolute Gasteiger partial charge is 0.221 e. The Labute approximate surface area is 140 Å². The van der Waals surface area contributed by atoms with Gasteiger partial charge < -0.3 is 11.5 Å². The first-order valence-corrected chi connectivity index (χ1v) is 7.78. The largest absolute Gasteiger partial charge is 0.369 e. The molecular formula is C10H9I3N2O2. The zero-order valence-corrected chi connectivity index (χ0v) is 15.1.